The summed E-state index contributed by atoms with van der Waals surface area (Å²) in [6.45, 7) is -0.332. The van der Waals surface area contributed by atoms with Gasteiger partial charge in [0.25, 0.3) is 5.91 Å². The quantitative estimate of drug-likeness (QED) is 0.261. The molecule has 1 aromatic heterocycles. The molecule has 0 saturated carbocycles. The topological polar surface area (TPSA) is 118 Å². The number of aromatic amines is 1. The van der Waals surface area contributed by atoms with Crippen molar-refractivity contribution in [2.24, 2.45) is 5.92 Å². The Labute approximate surface area is 255 Å². The molecule has 0 radical (unpaired) electrons. The number of imide groups is 1. The summed E-state index contributed by atoms with van der Waals surface area (Å²) in [6, 6.07) is 17.2. The average Bonchev–Trinajstić information content (AvgIpc) is 3.47. The Bertz CT molecular complexity index is 1760. The van der Waals surface area contributed by atoms with Gasteiger partial charge in [0.15, 0.2) is 6.61 Å². The number of aromatic nitrogens is 1. The van der Waals surface area contributed by atoms with Crippen LogP contribution >= 0.6 is 39.0 Å². The van der Waals surface area contributed by atoms with Crippen LogP contribution in [0.2, 0.25) is 0 Å². The van der Waals surface area contributed by atoms with E-state index in [0.717, 1.165) is 28.0 Å². The maximum atomic E-state index is 13.9. The summed E-state index contributed by atoms with van der Waals surface area (Å²) >= 11 is 5.58. The first kappa shape index (κ1) is 28.2. The van der Waals surface area contributed by atoms with Crippen LogP contribution in [0.5, 0.6) is 11.5 Å². The molecule has 0 bridgehead atoms. The number of hydrogen-bond donors (Lipinski definition) is 2. The number of rotatable bonds is 7. The molecular weight excluding hydrogens is 649 g/mol. The van der Waals surface area contributed by atoms with Crippen molar-refractivity contribution >= 4 is 68.1 Å². The molecular formula is C29H21BrFN3O6S2. The molecule has 1 saturated heterocycles. The number of ether oxygens (including phenoxy) is 2. The average molecular weight is 671 g/mol. The van der Waals surface area contributed by atoms with Gasteiger partial charge in [-0.05, 0) is 66.7 Å². The molecule has 3 unspecified atom stereocenters. The number of benzene rings is 3. The molecule has 2 aliphatic heterocycles. The van der Waals surface area contributed by atoms with Crippen molar-refractivity contribution in [1.82, 2.24) is 4.98 Å². The van der Waals surface area contributed by atoms with Crippen LogP contribution in [0.25, 0.3) is 0 Å². The van der Waals surface area contributed by atoms with Crippen LogP contribution in [0.3, 0.4) is 0 Å². The van der Waals surface area contributed by atoms with E-state index in [-0.39, 0.29) is 17.2 Å². The largest absolute Gasteiger partial charge is 0.497 e. The molecule has 4 aromatic rings. The lowest BCUT2D eigenvalue weighted by Crippen LogP contribution is -2.32. The molecule has 0 aliphatic carbocycles. The summed E-state index contributed by atoms with van der Waals surface area (Å²) in [5.41, 5.74) is 1.36. The summed E-state index contributed by atoms with van der Waals surface area (Å²) in [6.07, 6.45) is 0. The molecule has 9 nitrogen and oxygen atoms in total. The number of nitrogens with one attached hydrogen (secondary N) is 2. The van der Waals surface area contributed by atoms with Gasteiger partial charge in [0.2, 0.25) is 11.8 Å². The van der Waals surface area contributed by atoms with E-state index >= 15 is 0 Å². The predicted octanol–water partition coefficient (Wildman–Crippen LogP) is 5.16. The molecule has 214 valence electrons. The summed E-state index contributed by atoms with van der Waals surface area (Å²) in [5.74, 6) is -2.46. The van der Waals surface area contributed by atoms with Crippen molar-refractivity contribution in [2.45, 2.75) is 16.2 Å². The highest BCUT2D eigenvalue weighted by molar-refractivity contribution is 9.10. The fourth-order valence-corrected chi connectivity index (χ4v) is 7.99. The second kappa shape index (κ2) is 11.4. The van der Waals surface area contributed by atoms with Crippen molar-refractivity contribution in [3.8, 4) is 11.5 Å². The fraction of sp³-hybridized carbons (Fsp3) is 0.172. The third-order valence-electron chi connectivity index (χ3n) is 6.95. The van der Waals surface area contributed by atoms with Gasteiger partial charge < -0.3 is 19.8 Å². The van der Waals surface area contributed by atoms with Crippen molar-refractivity contribution in [1.29, 1.82) is 0 Å². The van der Waals surface area contributed by atoms with E-state index in [1.807, 2.05) is 0 Å². The number of amides is 3. The van der Waals surface area contributed by atoms with E-state index in [9.17, 15) is 23.6 Å². The minimum Gasteiger partial charge on any atom is -0.497 e. The van der Waals surface area contributed by atoms with E-state index in [1.165, 1.54) is 24.3 Å². The minimum absolute atomic E-state index is 0.262. The van der Waals surface area contributed by atoms with Crippen molar-refractivity contribution in [2.75, 3.05) is 23.9 Å². The Morgan fingerprint density at radius 2 is 1.79 bits per heavy atom. The molecule has 2 aliphatic rings. The summed E-state index contributed by atoms with van der Waals surface area (Å²) in [4.78, 5) is 56.9. The summed E-state index contributed by atoms with van der Waals surface area (Å²) in [7, 11) is 1.55. The lowest BCUT2D eigenvalue weighted by Gasteiger charge is -2.31. The smallest absolute Gasteiger partial charge is 0.305 e. The number of H-pyrrole nitrogens is 1. The van der Waals surface area contributed by atoms with Crippen molar-refractivity contribution in [3.63, 3.8) is 0 Å². The number of halogens is 2. The van der Waals surface area contributed by atoms with Crippen LogP contribution < -0.4 is 24.6 Å². The summed E-state index contributed by atoms with van der Waals surface area (Å²) in [5, 5.41) is 2.43. The molecule has 3 heterocycles. The zero-order valence-corrected chi connectivity index (χ0v) is 25.0. The van der Waals surface area contributed by atoms with Crippen LogP contribution in [0, 0.1) is 11.7 Å². The molecule has 0 spiro atoms. The number of carbonyl (C=O) groups excluding carboxylic acids is 3. The number of thioether (sulfide) groups is 1. The van der Waals surface area contributed by atoms with Crippen LogP contribution in [0.1, 0.15) is 16.4 Å². The van der Waals surface area contributed by atoms with Crippen LogP contribution in [-0.4, -0.2) is 41.7 Å². The lowest BCUT2D eigenvalue weighted by atomic mass is 9.82. The molecule has 3 aromatic carbocycles. The van der Waals surface area contributed by atoms with Gasteiger partial charge in [-0.3, -0.25) is 19.2 Å². The zero-order valence-electron chi connectivity index (χ0n) is 21.8. The van der Waals surface area contributed by atoms with Gasteiger partial charge in [-0.1, -0.05) is 39.0 Å². The second-order valence-electron chi connectivity index (χ2n) is 9.49. The van der Waals surface area contributed by atoms with E-state index in [1.54, 1.807) is 49.6 Å². The Kier molecular flexibility index (Phi) is 7.64. The number of anilines is 2. The van der Waals surface area contributed by atoms with Crippen LogP contribution in [0.15, 0.2) is 81.0 Å². The number of nitrogens with zero attached hydrogens (tertiary/aromatic N) is 1. The van der Waals surface area contributed by atoms with Crippen LogP contribution in [0.4, 0.5) is 15.8 Å². The molecule has 2 N–H and O–H groups in total. The van der Waals surface area contributed by atoms with E-state index in [0.29, 0.717) is 37.1 Å². The Balaban J connectivity index is 1.34. The Morgan fingerprint density at radius 1 is 1.05 bits per heavy atom. The highest BCUT2D eigenvalue weighted by Gasteiger charge is 2.56. The molecule has 1 fully saturated rings. The summed E-state index contributed by atoms with van der Waals surface area (Å²) < 4.78 is 25.4. The van der Waals surface area contributed by atoms with E-state index < -0.39 is 40.6 Å². The zero-order chi connectivity index (χ0) is 29.5. The molecule has 13 heteroatoms. The molecule has 6 rings (SSSR count). The Morgan fingerprint density at radius 3 is 2.50 bits per heavy atom. The first-order valence-electron chi connectivity index (χ1n) is 12.6. The first-order chi connectivity index (χ1) is 20.2. The van der Waals surface area contributed by atoms with E-state index in [4.69, 9.17) is 9.47 Å². The fourth-order valence-electron chi connectivity index (χ4n) is 5.11. The molecule has 3 amide bonds. The second-order valence-corrected chi connectivity index (χ2v) is 12.6. The van der Waals surface area contributed by atoms with Gasteiger partial charge in [0.05, 0.1) is 23.7 Å². The standard InChI is InChI=1S/C29H21BrFN3O6S2/c1-39-18-9-5-16(6-10-18)32-21(35)13-40-20-11-2-14(30)12-19(20)22-23-25(41-26-24(22)42-29(38)33-26)28(37)34(27(23)36)17-7-3-15(31)4-8-17/h2-12,22-23,25H,13H2,1H3,(H,32,35)(H,33,38). The van der Waals surface area contributed by atoms with Gasteiger partial charge in [-0.15, -0.1) is 0 Å². The number of thiazole rings is 1. The van der Waals surface area contributed by atoms with Gasteiger partial charge in [-0.2, -0.15) is 0 Å². The number of fused-ring (bicyclic) bond motifs is 2. The first-order valence-corrected chi connectivity index (χ1v) is 15.1. The number of hydrogen-bond acceptors (Lipinski definition) is 8. The van der Waals surface area contributed by atoms with Crippen molar-refractivity contribution in [3.05, 3.63) is 97.1 Å². The van der Waals surface area contributed by atoms with Gasteiger partial charge >= 0.3 is 4.87 Å². The highest BCUT2D eigenvalue weighted by Crippen LogP contribution is 2.54. The predicted molar refractivity (Wildman–Crippen MR) is 160 cm³/mol. The monoisotopic (exact) mass is 669 g/mol. The van der Waals surface area contributed by atoms with E-state index in [2.05, 4.69) is 26.2 Å². The number of carbonyl (C=O) groups is 3. The third kappa shape index (κ3) is 5.23. The van der Waals surface area contributed by atoms with Crippen molar-refractivity contribution < 1.29 is 28.2 Å². The maximum Gasteiger partial charge on any atom is 0.305 e. The third-order valence-corrected chi connectivity index (χ3v) is 9.84. The number of methoxy groups -OCH3 is 1. The van der Waals surface area contributed by atoms with Gasteiger partial charge in [-0.25, -0.2) is 9.29 Å². The molecule has 42 heavy (non-hydrogen) atoms. The Hall–Kier alpha value is -3.94. The minimum atomic E-state index is -0.878. The molecule has 3 atom stereocenters. The lowest BCUT2D eigenvalue weighted by molar-refractivity contribution is -0.122. The van der Waals surface area contributed by atoms with Crippen LogP contribution in [-0.2, 0) is 14.4 Å². The normalized spacial score (nSPS) is 19.3. The maximum absolute atomic E-state index is 13.9. The van der Waals surface area contributed by atoms with Gasteiger partial charge in [0.1, 0.15) is 22.6 Å². The SMILES string of the molecule is COc1ccc(NC(=O)COc2ccc(Br)cc2C2c3sc(=O)[nH]c3SC3C(=O)N(c4ccc(F)cc4)C(=O)C32)cc1. The van der Waals surface area contributed by atoms with Gasteiger partial charge in [0, 0.05) is 26.5 Å². The highest BCUT2D eigenvalue weighted by atomic mass is 79.9.